The van der Waals surface area contributed by atoms with E-state index in [9.17, 15) is 34.5 Å². The summed E-state index contributed by atoms with van der Waals surface area (Å²) in [5.41, 5.74) is -3.13. The van der Waals surface area contributed by atoms with Gasteiger partial charge in [0.2, 0.25) is 0 Å². The lowest BCUT2D eigenvalue weighted by molar-refractivity contribution is 0.458. The molecule has 2 aromatic rings. The number of benzene rings is 2. The molecule has 0 heterocycles. The van der Waals surface area contributed by atoms with Crippen LogP contribution >= 0.6 is 0 Å². The van der Waals surface area contributed by atoms with E-state index in [1.54, 1.807) is 6.92 Å². The quantitative estimate of drug-likeness (QED) is 0.418. The van der Waals surface area contributed by atoms with Gasteiger partial charge in [-0.05, 0) is 49.7 Å². The second-order valence-corrected chi connectivity index (χ2v) is 6.91. The van der Waals surface area contributed by atoms with Crippen LogP contribution in [0.2, 0.25) is 0 Å². The van der Waals surface area contributed by atoms with Gasteiger partial charge >= 0.3 is 0 Å². The molecule has 0 amide bonds. The Morgan fingerprint density at radius 2 is 1.24 bits per heavy atom. The predicted molar refractivity (Wildman–Crippen MR) is 107 cm³/mol. The minimum absolute atomic E-state index is 0.0457. The zero-order chi connectivity index (χ0) is 21.2. The standard InChI is InChI=1S/C22H14O7/c1-8-7-10-11(23)3-4-12(24)17(10)21(28)15(8)16-9(2)20(27)18-13(25)5-6-14(26)19(18)22(16)29/h3-7,23-24,28H,1-2H3. The number of fused-ring (bicyclic) bond motifs is 1. The molecule has 144 valence electrons. The first-order valence-electron chi connectivity index (χ1n) is 8.64. The zero-order valence-corrected chi connectivity index (χ0v) is 15.4. The van der Waals surface area contributed by atoms with Crippen molar-refractivity contribution in [1.82, 2.24) is 0 Å². The van der Waals surface area contributed by atoms with Gasteiger partial charge in [-0.3, -0.25) is 19.2 Å². The third-order valence-corrected chi connectivity index (χ3v) is 5.20. The lowest BCUT2D eigenvalue weighted by Gasteiger charge is -2.15. The minimum Gasteiger partial charge on any atom is -0.507 e. The fraction of sp³-hybridized carbons (Fsp3) is 0.0909. The van der Waals surface area contributed by atoms with Crippen LogP contribution in [-0.4, -0.2) is 15.3 Å². The van der Waals surface area contributed by atoms with Gasteiger partial charge in [-0.25, -0.2) is 0 Å². The first kappa shape index (κ1) is 18.4. The Morgan fingerprint density at radius 1 is 0.690 bits per heavy atom. The van der Waals surface area contributed by atoms with Crippen molar-refractivity contribution in [2.45, 2.75) is 13.8 Å². The number of hydrogen-bond donors (Lipinski definition) is 3. The van der Waals surface area contributed by atoms with Crippen LogP contribution in [0.3, 0.4) is 0 Å². The summed E-state index contributed by atoms with van der Waals surface area (Å²) in [6, 6.07) is 5.77. The summed E-state index contributed by atoms with van der Waals surface area (Å²) in [7, 11) is 0. The molecule has 7 heteroatoms. The predicted octanol–water partition coefficient (Wildman–Crippen LogP) is 1.28. The Bertz CT molecular complexity index is 1620. The Balaban J connectivity index is 2.34. The van der Waals surface area contributed by atoms with Crippen LogP contribution in [0.5, 0.6) is 17.2 Å². The molecule has 2 aliphatic carbocycles. The molecule has 7 nitrogen and oxygen atoms in total. The number of phenols is 3. The molecule has 0 aromatic heterocycles. The minimum atomic E-state index is -0.850. The molecule has 0 atom stereocenters. The highest BCUT2D eigenvalue weighted by molar-refractivity contribution is 6.03. The number of rotatable bonds is 1. The zero-order valence-electron chi connectivity index (χ0n) is 15.4. The second kappa shape index (κ2) is 6.00. The van der Waals surface area contributed by atoms with E-state index in [1.807, 2.05) is 0 Å². The van der Waals surface area contributed by atoms with Crippen molar-refractivity contribution in [3.8, 4) is 28.4 Å². The van der Waals surface area contributed by atoms with E-state index in [4.69, 9.17) is 0 Å². The normalized spacial score (nSPS) is 11.4. The van der Waals surface area contributed by atoms with Gasteiger partial charge in [-0.1, -0.05) is 0 Å². The Hall–Kier alpha value is -4.00. The number of aryl methyl sites for hydroxylation is 1. The van der Waals surface area contributed by atoms with Gasteiger partial charge in [-0.2, -0.15) is 0 Å². The first-order chi connectivity index (χ1) is 13.6. The maximum atomic E-state index is 13.2. The van der Waals surface area contributed by atoms with Crippen LogP contribution in [0.25, 0.3) is 21.9 Å². The fourth-order valence-corrected chi connectivity index (χ4v) is 3.82. The molecule has 0 saturated carbocycles. The molecule has 3 N–H and O–H groups in total. The summed E-state index contributed by atoms with van der Waals surface area (Å²) in [5.74, 6) is -1.04. The topological polar surface area (TPSA) is 129 Å². The molecule has 2 aliphatic rings. The fourth-order valence-electron chi connectivity index (χ4n) is 3.82. The van der Waals surface area contributed by atoms with Crippen molar-refractivity contribution in [1.29, 1.82) is 0 Å². The third-order valence-electron chi connectivity index (χ3n) is 5.20. The van der Waals surface area contributed by atoms with Gasteiger partial charge in [0.15, 0.2) is 21.7 Å². The molecule has 0 spiro atoms. The molecule has 0 saturated heterocycles. The lowest BCUT2D eigenvalue weighted by atomic mass is 9.90. The molecule has 0 fully saturated rings. The van der Waals surface area contributed by atoms with Crippen LogP contribution in [0, 0.1) is 24.3 Å². The molecule has 4 rings (SSSR count). The van der Waals surface area contributed by atoms with E-state index in [2.05, 4.69) is 0 Å². The average molecular weight is 390 g/mol. The maximum Gasteiger partial charge on any atom is 0.199 e. The van der Waals surface area contributed by atoms with Crippen molar-refractivity contribution in [3.63, 3.8) is 0 Å². The summed E-state index contributed by atoms with van der Waals surface area (Å²) < 4.78 is 0. The number of phenolic OH excluding ortho intramolecular Hbond substituents is 3. The van der Waals surface area contributed by atoms with Gasteiger partial charge in [0.05, 0.1) is 15.8 Å². The Labute approximate surface area is 161 Å². The lowest BCUT2D eigenvalue weighted by Crippen LogP contribution is -2.30. The van der Waals surface area contributed by atoms with Crippen molar-refractivity contribution in [2.24, 2.45) is 0 Å². The number of hydrogen-bond acceptors (Lipinski definition) is 7. The summed E-state index contributed by atoms with van der Waals surface area (Å²) in [5, 5.41) is 30.2. The summed E-state index contributed by atoms with van der Waals surface area (Å²) >= 11 is 0. The third kappa shape index (κ3) is 2.37. The highest BCUT2D eigenvalue weighted by Crippen LogP contribution is 2.44. The Morgan fingerprint density at radius 3 is 1.86 bits per heavy atom. The SMILES string of the molecule is Cc1cc2c(O)ccc(O)c2c(O)c1-c1c(C)c(=O)c2c(=O)ccc(=O)c=2c1=O. The van der Waals surface area contributed by atoms with Crippen molar-refractivity contribution in [2.75, 3.05) is 0 Å². The molecule has 0 aliphatic heterocycles. The summed E-state index contributed by atoms with van der Waals surface area (Å²) in [6.07, 6.45) is 0. The molecule has 0 radical (unpaired) electrons. The van der Waals surface area contributed by atoms with Crippen LogP contribution in [-0.2, 0) is 0 Å². The Kier molecular flexibility index (Phi) is 3.80. The summed E-state index contributed by atoms with van der Waals surface area (Å²) in [6.45, 7) is 2.88. The molecular formula is C22H14O7. The van der Waals surface area contributed by atoms with Crippen molar-refractivity contribution in [3.05, 3.63) is 92.8 Å². The van der Waals surface area contributed by atoms with Crippen molar-refractivity contribution < 1.29 is 15.3 Å². The van der Waals surface area contributed by atoms with Crippen molar-refractivity contribution >= 4 is 10.8 Å². The largest absolute Gasteiger partial charge is 0.507 e. The van der Waals surface area contributed by atoms with Crippen LogP contribution < -0.4 is 21.7 Å². The van der Waals surface area contributed by atoms with Crippen LogP contribution in [0.15, 0.2) is 49.5 Å². The van der Waals surface area contributed by atoms with Crippen LogP contribution in [0.4, 0.5) is 0 Å². The monoisotopic (exact) mass is 390 g/mol. The van der Waals surface area contributed by atoms with E-state index in [-0.39, 0.29) is 39.0 Å². The van der Waals surface area contributed by atoms with E-state index < -0.39 is 37.9 Å². The van der Waals surface area contributed by atoms with Gasteiger partial charge in [0.1, 0.15) is 17.2 Å². The smallest absolute Gasteiger partial charge is 0.199 e. The van der Waals surface area contributed by atoms with E-state index in [0.29, 0.717) is 5.56 Å². The van der Waals surface area contributed by atoms with Gasteiger partial charge in [0, 0.05) is 22.1 Å². The van der Waals surface area contributed by atoms with E-state index in [0.717, 1.165) is 12.1 Å². The number of aromatic hydroxyl groups is 3. The molecule has 0 unspecified atom stereocenters. The van der Waals surface area contributed by atoms with Crippen LogP contribution in [0.1, 0.15) is 11.1 Å². The summed E-state index contributed by atoms with van der Waals surface area (Å²) in [4.78, 5) is 50.3. The molecular weight excluding hydrogens is 376 g/mol. The van der Waals surface area contributed by atoms with Gasteiger partial charge < -0.3 is 15.3 Å². The molecule has 0 bridgehead atoms. The van der Waals surface area contributed by atoms with Gasteiger partial charge in [0.25, 0.3) is 0 Å². The molecule has 29 heavy (non-hydrogen) atoms. The van der Waals surface area contributed by atoms with Gasteiger partial charge in [-0.15, -0.1) is 0 Å². The molecule has 2 aromatic carbocycles. The first-order valence-corrected chi connectivity index (χ1v) is 8.64. The average Bonchev–Trinajstić information content (AvgIpc) is 2.66. The maximum absolute atomic E-state index is 13.2. The van der Waals surface area contributed by atoms with E-state index >= 15 is 0 Å². The highest BCUT2D eigenvalue weighted by atomic mass is 16.3. The highest BCUT2D eigenvalue weighted by Gasteiger charge is 2.23. The second-order valence-electron chi connectivity index (χ2n) is 6.91. The van der Waals surface area contributed by atoms with E-state index in [1.165, 1.54) is 25.1 Å².